The third-order valence-corrected chi connectivity index (χ3v) is 4.40. The molecule has 1 saturated carbocycles. The molecule has 1 aliphatic rings. The second-order valence-electron chi connectivity index (χ2n) is 4.97. The van der Waals surface area contributed by atoms with Crippen LogP contribution < -0.4 is 5.32 Å². The van der Waals surface area contributed by atoms with Gasteiger partial charge in [0, 0.05) is 12.5 Å². The van der Waals surface area contributed by atoms with Gasteiger partial charge < -0.3 is 10.4 Å². The average Bonchev–Trinajstić information content (AvgIpc) is 3.06. The highest BCUT2D eigenvalue weighted by molar-refractivity contribution is 7.12. The van der Waals surface area contributed by atoms with E-state index in [-0.39, 0.29) is 18.2 Å². The standard InChI is InChI=1S/C14H19NO3S/c16-13(17)8-7-11(15-10-4-1-2-5-10)14(18)12-6-3-9-19-12/h3,6,9-11,15H,1-2,4-5,7-8H2,(H,16,17). The first kappa shape index (κ1) is 14.2. The molecule has 0 spiro atoms. The van der Waals surface area contributed by atoms with Gasteiger partial charge >= 0.3 is 5.97 Å². The molecule has 1 aromatic rings. The van der Waals surface area contributed by atoms with Gasteiger partial charge in [-0.1, -0.05) is 18.9 Å². The smallest absolute Gasteiger partial charge is 0.303 e. The molecule has 0 amide bonds. The van der Waals surface area contributed by atoms with Crippen molar-refractivity contribution < 1.29 is 14.7 Å². The molecule has 19 heavy (non-hydrogen) atoms. The molecule has 1 aromatic heterocycles. The molecule has 1 aliphatic carbocycles. The molecule has 0 radical (unpaired) electrons. The van der Waals surface area contributed by atoms with Crippen LogP contribution in [0, 0.1) is 0 Å². The van der Waals surface area contributed by atoms with Crippen LogP contribution in [0.3, 0.4) is 0 Å². The van der Waals surface area contributed by atoms with Crippen LogP contribution in [0.1, 0.15) is 48.2 Å². The summed E-state index contributed by atoms with van der Waals surface area (Å²) in [4.78, 5) is 23.8. The van der Waals surface area contributed by atoms with Crippen molar-refractivity contribution in [3.63, 3.8) is 0 Å². The maximum atomic E-state index is 12.4. The lowest BCUT2D eigenvalue weighted by molar-refractivity contribution is -0.137. The van der Waals surface area contributed by atoms with E-state index in [1.165, 1.54) is 24.2 Å². The predicted molar refractivity (Wildman–Crippen MR) is 74.7 cm³/mol. The molecule has 0 bridgehead atoms. The highest BCUT2D eigenvalue weighted by Gasteiger charge is 2.26. The minimum atomic E-state index is -0.850. The fourth-order valence-corrected chi connectivity index (χ4v) is 3.24. The SMILES string of the molecule is O=C(O)CCC(NC1CCCC1)C(=O)c1cccs1. The zero-order valence-corrected chi connectivity index (χ0v) is 11.6. The first-order chi connectivity index (χ1) is 9.16. The van der Waals surface area contributed by atoms with Crippen molar-refractivity contribution in [1.82, 2.24) is 5.32 Å². The van der Waals surface area contributed by atoms with Crippen LogP contribution in [0.25, 0.3) is 0 Å². The first-order valence-corrected chi connectivity index (χ1v) is 7.60. The molecule has 1 unspecified atom stereocenters. The number of carboxylic acids is 1. The molecule has 1 heterocycles. The third-order valence-electron chi connectivity index (χ3n) is 3.52. The Bertz CT molecular complexity index is 424. The summed E-state index contributed by atoms with van der Waals surface area (Å²) in [5.74, 6) is -0.819. The summed E-state index contributed by atoms with van der Waals surface area (Å²) >= 11 is 1.41. The normalized spacial score (nSPS) is 17.5. The maximum Gasteiger partial charge on any atom is 0.303 e. The van der Waals surface area contributed by atoms with Crippen molar-refractivity contribution in [3.05, 3.63) is 22.4 Å². The number of aliphatic carboxylic acids is 1. The first-order valence-electron chi connectivity index (χ1n) is 6.72. The molecule has 2 N–H and O–H groups in total. The number of carbonyl (C=O) groups is 2. The zero-order valence-electron chi connectivity index (χ0n) is 10.8. The molecule has 2 rings (SSSR count). The number of thiophene rings is 1. The van der Waals surface area contributed by atoms with Crippen LogP contribution in [0.15, 0.2) is 17.5 Å². The Labute approximate surface area is 116 Å². The highest BCUT2D eigenvalue weighted by atomic mass is 32.1. The summed E-state index contributed by atoms with van der Waals surface area (Å²) < 4.78 is 0. The van der Waals surface area contributed by atoms with Crippen LogP contribution in [0.2, 0.25) is 0 Å². The highest BCUT2D eigenvalue weighted by Crippen LogP contribution is 2.21. The number of nitrogens with one attached hydrogen (secondary N) is 1. The molecule has 4 nitrogen and oxygen atoms in total. The number of hydrogen-bond donors (Lipinski definition) is 2. The molecule has 1 fully saturated rings. The van der Waals surface area contributed by atoms with Crippen molar-refractivity contribution in [2.24, 2.45) is 0 Å². The molecule has 104 valence electrons. The topological polar surface area (TPSA) is 66.4 Å². The van der Waals surface area contributed by atoms with Crippen LogP contribution >= 0.6 is 11.3 Å². The second-order valence-corrected chi connectivity index (χ2v) is 5.92. The van der Waals surface area contributed by atoms with E-state index in [0.717, 1.165) is 12.8 Å². The summed E-state index contributed by atoms with van der Waals surface area (Å²) in [5.41, 5.74) is 0. The van der Waals surface area contributed by atoms with E-state index >= 15 is 0 Å². The largest absolute Gasteiger partial charge is 0.481 e. The van der Waals surface area contributed by atoms with Gasteiger partial charge in [0.1, 0.15) is 0 Å². The van der Waals surface area contributed by atoms with E-state index in [0.29, 0.717) is 17.3 Å². The Morgan fingerprint density at radius 2 is 2.16 bits per heavy atom. The Kier molecular flexibility index (Phi) is 5.10. The van der Waals surface area contributed by atoms with Gasteiger partial charge in [-0.15, -0.1) is 11.3 Å². The fraction of sp³-hybridized carbons (Fsp3) is 0.571. The maximum absolute atomic E-state index is 12.4. The average molecular weight is 281 g/mol. The number of hydrogen-bond acceptors (Lipinski definition) is 4. The summed E-state index contributed by atoms with van der Waals surface area (Å²) in [6, 6.07) is 3.65. The number of carbonyl (C=O) groups excluding carboxylic acids is 1. The van der Waals surface area contributed by atoms with Crippen LogP contribution in [-0.4, -0.2) is 28.9 Å². The lowest BCUT2D eigenvalue weighted by Crippen LogP contribution is -2.42. The van der Waals surface area contributed by atoms with E-state index in [1.807, 2.05) is 11.4 Å². The zero-order chi connectivity index (χ0) is 13.7. The molecular formula is C14H19NO3S. The number of carboxylic acid groups (broad SMARTS) is 1. The Balaban J connectivity index is 1.99. The predicted octanol–water partition coefficient (Wildman–Crippen LogP) is 2.70. The van der Waals surface area contributed by atoms with E-state index in [1.54, 1.807) is 6.07 Å². The second kappa shape index (κ2) is 6.82. The molecule has 0 aromatic carbocycles. The lowest BCUT2D eigenvalue weighted by Gasteiger charge is -2.21. The van der Waals surface area contributed by atoms with Crippen molar-refractivity contribution in [1.29, 1.82) is 0 Å². The molecular weight excluding hydrogens is 262 g/mol. The van der Waals surface area contributed by atoms with Crippen molar-refractivity contribution in [2.45, 2.75) is 50.6 Å². The van der Waals surface area contributed by atoms with E-state index < -0.39 is 5.97 Å². The number of ketones is 1. The summed E-state index contributed by atoms with van der Waals surface area (Å²) in [6.45, 7) is 0. The summed E-state index contributed by atoms with van der Waals surface area (Å²) in [5, 5.41) is 14.0. The molecule has 5 heteroatoms. The van der Waals surface area contributed by atoms with Gasteiger partial charge in [-0.25, -0.2) is 0 Å². The van der Waals surface area contributed by atoms with Crippen LogP contribution in [0.4, 0.5) is 0 Å². The van der Waals surface area contributed by atoms with Crippen molar-refractivity contribution in [2.75, 3.05) is 0 Å². The molecule has 0 saturated heterocycles. The Morgan fingerprint density at radius 1 is 1.42 bits per heavy atom. The number of Topliss-reactive ketones (excluding diaryl/α,β-unsaturated/α-hetero) is 1. The van der Waals surface area contributed by atoms with Crippen LogP contribution in [0.5, 0.6) is 0 Å². The van der Waals surface area contributed by atoms with Crippen LogP contribution in [-0.2, 0) is 4.79 Å². The Hall–Kier alpha value is -1.20. The van der Waals surface area contributed by atoms with Crippen molar-refractivity contribution in [3.8, 4) is 0 Å². The van der Waals surface area contributed by atoms with Gasteiger partial charge in [0.25, 0.3) is 0 Å². The van der Waals surface area contributed by atoms with Crippen molar-refractivity contribution >= 4 is 23.1 Å². The van der Waals surface area contributed by atoms with Gasteiger partial charge in [-0.05, 0) is 30.7 Å². The minimum absolute atomic E-state index is 0.0293. The summed E-state index contributed by atoms with van der Waals surface area (Å²) in [7, 11) is 0. The molecule has 0 aliphatic heterocycles. The van der Waals surface area contributed by atoms with Gasteiger partial charge in [-0.3, -0.25) is 9.59 Å². The lowest BCUT2D eigenvalue weighted by atomic mass is 10.0. The van der Waals surface area contributed by atoms with E-state index in [4.69, 9.17) is 5.11 Å². The quantitative estimate of drug-likeness (QED) is 0.754. The fourth-order valence-electron chi connectivity index (χ4n) is 2.53. The minimum Gasteiger partial charge on any atom is -0.481 e. The van der Waals surface area contributed by atoms with Gasteiger partial charge in [-0.2, -0.15) is 0 Å². The van der Waals surface area contributed by atoms with E-state index in [2.05, 4.69) is 5.32 Å². The van der Waals surface area contributed by atoms with Gasteiger partial charge in [0.15, 0.2) is 5.78 Å². The molecule has 1 atom stereocenters. The van der Waals surface area contributed by atoms with Gasteiger partial charge in [0.05, 0.1) is 10.9 Å². The Morgan fingerprint density at radius 3 is 2.74 bits per heavy atom. The van der Waals surface area contributed by atoms with E-state index in [9.17, 15) is 9.59 Å². The monoisotopic (exact) mass is 281 g/mol. The summed E-state index contributed by atoms with van der Waals surface area (Å²) in [6.07, 6.45) is 4.94. The van der Waals surface area contributed by atoms with Gasteiger partial charge in [0.2, 0.25) is 0 Å². The number of rotatable bonds is 7. The third kappa shape index (κ3) is 4.14.